The Balaban J connectivity index is 1.67. The number of amides is 1. The number of aromatic nitrogens is 1. The highest BCUT2D eigenvalue weighted by Gasteiger charge is 2.33. The number of nitrogens with zero attached hydrogens (tertiary/aromatic N) is 2. The lowest BCUT2D eigenvalue weighted by Gasteiger charge is -2.26. The largest absolute Gasteiger partial charge is 0.298 e. The zero-order valence-electron chi connectivity index (χ0n) is 14.3. The van der Waals surface area contributed by atoms with Crippen molar-refractivity contribution in [1.29, 1.82) is 0 Å². The monoisotopic (exact) mass is 371 g/mol. The molecule has 3 rings (SSSR count). The SMILES string of the molecule is CC1(C)CC(=O)c2sc(NC(=O)/C=C/c3ccc([N+](=O)[O-])cc3)nc2C1. The average Bonchev–Trinajstić information content (AvgIpc) is 2.94. The number of nitro groups is 1. The van der Waals surface area contributed by atoms with Gasteiger partial charge in [-0.25, -0.2) is 4.98 Å². The maximum atomic E-state index is 12.2. The number of hydrogen-bond acceptors (Lipinski definition) is 6. The molecule has 8 heteroatoms. The van der Waals surface area contributed by atoms with Crippen molar-refractivity contribution in [3.05, 3.63) is 56.6 Å². The van der Waals surface area contributed by atoms with E-state index in [1.54, 1.807) is 18.2 Å². The number of benzene rings is 1. The van der Waals surface area contributed by atoms with Gasteiger partial charge in [0, 0.05) is 24.6 Å². The lowest BCUT2D eigenvalue weighted by Crippen LogP contribution is -2.26. The third-order valence-electron chi connectivity index (χ3n) is 4.00. The van der Waals surface area contributed by atoms with E-state index >= 15 is 0 Å². The molecule has 0 bridgehead atoms. The summed E-state index contributed by atoms with van der Waals surface area (Å²) in [5.41, 5.74) is 1.29. The van der Waals surface area contributed by atoms with Crippen molar-refractivity contribution >= 4 is 39.9 Å². The minimum atomic E-state index is -0.479. The van der Waals surface area contributed by atoms with Crippen LogP contribution < -0.4 is 5.32 Å². The molecule has 134 valence electrons. The predicted molar refractivity (Wildman–Crippen MR) is 99.3 cm³/mol. The number of non-ortho nitro benzene ring substituents is 1. The van der Waals surface area contributed by atoms with Crippen molar-refractivity contribution in [2.24, 2.45) is 5.41 Å². The first-order valence-corrected chi connectivity index (χ1v) is 8.82. The van der Waals surface area contributed by atoms with Crippen molar-refractivity contribution in [2.75, 3.05) is 5.32 Å². The van der Waals surface area contributed by atoms with E-state index in [2.05, 4.69) is 10.3 Å². The second-order valence-electron chi connectivity index (χ2n) is 6.91. The summed E-state index contributed by atoms with van der Waals surface area (Å²) in [5.74, 6) is -0.308. The number of nitro benzene ring substituents is 1. The zero-order chi connectivity index (χ0) is 18.9. The highest BCUT2D eigenvalue weighted by Crippen LogP contribution is 2.38. The summed E-state index contributed by atoms with van der Waals surface area (Å²) < 4.78 is 0. The van der Waals surface area contributed by atoms with Gasteiger partial charge in [-0.05, 0) is 35.6 Å². The second kappa shape index (κ2) is 6.80. The molecule has 2 aromatic rings. The first-order chi connectivity index (χ1) is 12.2. The van der Waals surface area contributed by atoms with Crippen LogP contribution in [-0.4, -0.2) is 21.6 Å². The number of ketones is 1. The van der Waals surface area contributed by atoms with Crippen LogP contribution in [0.1, 0.15) is 41.2 Å². The molecular weight excluding hydrogens is 354 g/mol. The molecule has 1 N–H and O–H groups in total. The van der Waals surface area contributed by atoms with E-state index < -0.39 is 4.92 Å². The molecule has 1 amide bonds. The van der Waals surface area contributed by atoms with Gasteiger partial charge < -0.3 is 0 Å². The summed E-state index contributed by atoms with van der Waals surface area (Å²) in [6, 6.07) is 5.87. The number of anilines is 1. The molecule has 26 heavy (non-hydrogen) atoms. The van der Waals surface area contributed by atoms with Gasteiger partial charge in [-0.1, -0.05) is 25.2 Å². The maximum Gasteiger partial charge on any atom is 0.269 e. The Morgan fingerprint density at radius 2 is 2.00 bits per heavy atom. The molecular formula is C18H17N3O4S. The van der Waals surface area contributed by atoms with Crippen LogP contribution in [0.4, 0.5) is 10.8 Å². The van der Waals surface area contributed by atoms with Gasteiger partial charge in [-0.2, -0.15) is 0 Å². The van der Waals surface area contributed by atoms with Gasteiger partial charge in [-0.15, -0.1) is 0 Å². The molecule has 0 saturated heterocycles. The molecule has 0 aliphatic heterocycles. The molecule has 7 nitrogen and oxygen atoms in total. The zero-order valence-corrected chi connectivity index (χ0v) is 15.1. The van der Waals surface area contributed by atoms with Gasteiger partial charge in [-0.3, -0.25) is 25.0 Å². The van der Waals surface area contributed by atoms with Crippen LogP contribution in [-0.2, 0) is 11.2 Å². The Bertz CT molecular complexity index is 913. The molecule has 0 radical (unpaired) electrons. The normalized spacial score (nSPS) is 15.7. The van der Waals surface area contributed by atoms with Gasteiger partial charge in [0.15, 0.2) is 10.9 Å². The van der Waals surface area contributed by atoms with Gasteiger partial charge >= 0.3 is 0 Å². The van der Waals surface area contributed by atoms with Gasteiger partial charge in [0.25, 0.3) is 5.69 Å². The standard InChI is InChI=1S/C18H17N3O4S/c1-18(2)9-13-16(14(22)10-18)26-17(19-13)20-15(23)8-5-11-3-6-12(7-4-11)21(24)25/h3-8H,9-10H2,1-2H3,(H,19,20,23)/b8-5+. The summed E-state index contributed by atoms with van der Waals surface area (Å²) in [7, 11) is 0. The van der Waals surface area contributed by atoms with E-state index in [4.69, 9.17) is 0 Å². The minimum Gasteiger partial charge on any atom is -0.298 e. The molecule has 0 saturated carbocycles. The Labute approximate surface area is 153 Å². The van der Waals surface area contributed by atoms with Gasteiger partial charge in [0.05, 0.1) is 15.5 Å². The van der Waals surface area contributed by atoms with Crippen molar-refractivity contribution in [1.82, 2.24) is 4.98 Å². The summed E-state index contributed by atoms with van der Waals surface area (Å²) >= 11 is 1.20. The summed E-state index contributed by atoms with van der Waals surface area (Å²) in [5, 5.41) is 13.7. The van der Waals surface area contributed by atoms with E-state index in [0.717, 1.165) is 5.69 Å². The summed E-state index contributed by atoms with van der Waals surface area (Å²) in [6.45, 7) is 4.05. The molecule has 0 fully saturated rings. The smallest absolute Gasteiger partial charge is 0.269 e. The van der Waals surface area contributed by atoms with Gasteiger partial charge in [0.2, 0.25) is 5.91 Å². The molecule has 0 unspecified atom stereocenters. The van der Waals surface area contributed by atoms with Crippen molar-refractivity contribution < 1.29 is 14.5 Å². The summed E-state index contributed by atoms with van der Waals surface area (Å²) in [4.78, 5) is 39.4. The van der Waals surface area contributed by atoms with E-state index in [9.17, 15) is 19.7 Å². The number of hydrogen-bond donors (Lipinski definition) is 1. The third-order valence-corrected chi connectivity index (χ3v) is 5.05. The number of carbonyl (C=O) groups excluding carboxylic acids is 2. The van der Waals surface area contributed by atoms with Crippen molar-refractivity contribution in [3.63, 3.8) is 0 Å². The molecule has 0 atom stereocenters. The van der Waals surface area contributed by atoms with Crippen LogP contribution in [0.15, 0.2) is 30.3 Å². The molecule has 1 heterocycles. The van der Waals surface area contributed by atoms with Gasteiger partial charge in [0.1, 0.15) is 0 Å². The van der Waals surface area contributed by atoms with Crippen LogP contribution in [0.2, 0.25) is 0 Å². The molecule has 1 aromatic carbocycles. The Morgan fingerprint density at radius 1 is 1.31 bits per heavy atom. The third kappa shape index (κ3) is 4.02. The Kier molecular flexibility index (Phi) is 4.69. The number of carbonyl (C=O) groups is 2. The fourth-order valence-electron chi connectivity index (χ4n) is 2.80. The van der Waals surface area contributed by atoms with Crippen LogP contribution in [0.3, 0.4) is 0 Å². The molecule has 1 aliphatic rings. The predicted octanol–water partition coefficient (Wildman–Crippen LogP) is 3.86. The topological polar surface area (TPSA) is 102 Å². The molecule has 1 aromatic heterocycles. The quantitative estimate of drug-likeness (QED) is 0.499. The Morgan fingerprint density at radius 3 is 2.65 bits per heavy atom. The van der Waals surface area contributed by atoms with Crippen LogP contribution >= 0.6 is 11.3 Å². The molecule has 1 aliphatic carbocycles. The molecule has 0 spiro atoms. The number of nitrogens with one attached hydrogen (secondary N) is 1. The summed E-state index contributed by atoms with van der Waals surface area (Å²) in [6.07, 6.45) is 4.07. The Hall–Kier alpha value is -2.87. The fraction of sp³-hybridized carbons (Fsp3) is 0.278. The first kappa shape index (κ1) is 17.9. The highest BCUT2D eigenvalue weighted by atomic mass is 32.1. The minimum absolute atomic E-state index is 0.00689. The van der Waals surface area contributed by atoms with E-state index in [1.807, 2.05) is 13.8 Å². The lowest BCUT2D eigenvalue weighted by molar-refractivity contribution is -0.384. The van der Waals surface area contributed by atoms with Crippen molar-refractivity contribution in [2.45, 2.75) is 26.7 Å². The lowest BCUT2D eigenvalue weighted by atomic mass is 9.78. The number of Topliss-reactive ketones (excluding diaryl/α,β-unsaturated/α-hetero) is 1. The van der Waals surface area contributed by atoms with E-state index in [1.165, 1.54) is 29.5 Å². The second-order valence-corrected chi connectivity index (χ2v) is 7.91. The number of rotatable bonds is 4. The van der Waals surface area contributed by atoms with Crippen molar-refractivity contribution in [3.8, 4) is 0 Å². The fourth-order valence-corrected chi connectivity index (χ4v) is 3.72. The van der Waals surface area contributed by atoms with E-state index in [-0.39, 0.29) is 22.8 Å². The highest BCUT2D eigenvalue weighted by molar-refractivity contribution is 7.17. The maximum absolute atomic E-state index is 12.2. The average molecular weight is 371 g/mol. The van der Waals surface area contributed by atoms with Crippen LogP contribution in [0.5, 0.6) is 0 Å². The van der Waals surface area contributed by atoms with Crippen LogP contribution in [0, 0.1) is 15.5 Å². The first-order valence-electron chi connectivity index (χ1n) is 8.00. The van der Waals surface area contributed by atoms with E-state index in [0.29, 0.717) is 28.4 Å². The van der Waals surface area contributed by atoms with Crippen LogP contribution in [0.25, 0.3) is 6.08 Å². The number of thiazole rings is 1. The number of fused-ring (bicyclic) bond motifs is 1.